The lowest BCUT2D eigenvalue weighted by Crippen LogP contribution is -2.49. The quantitative estimate of drug-likeness (QED) is 0.655. The number of carbonyl (C=O) groups excluding carboxylic acids is 2. The number of carbonyl (C=O) groups is 2. The molecule has 1 fully saturated rings. The van der Waals surface area contributed by atoms with Gasteiger partial charge in [-0.15, -0.1) is 0 Å². The fourth-order valence-corrected chi connectivity index (χ4v) is 2.56. The van der Waals surface area contributed by atoms with Crippen LogP contribution in [0.25, 0.3) is 0 Å². The zero-order chi connectivity index (χ0) is 16.8. The van der Waals surface area contributed by atoms with Crippen LogP contribution in [0.15, 0.2) is 0 Å². The molecule has 0 aromatic carbocycles. The van der Waals surface area contributed by atoms with Gasteiger partial charge in [-0.2, -0.15) is 17.4 Å². The first-order chi connectivity index (χ1) is 10.3. The number of likely N-dealkylation sites (tertiary alicyclic amines) is 1. The smallest absolute Gasteiger partial charge is 0.409 e. The van der Waals surface area contributed by atoms with Gasteiger partial charge in [0.1, 0.15) is 0 Å². The Labute approximate surface area is 131 Å². The van der Waals surface area contributed by atoms with Crippen molar-refractivity contribution in [3.63, 3.8) is 0 Å². The number of ether oxygens (including phenoxy) is 1. The van der Waals surface area contributed by atoms with E-state index in [1.165, 1.54) is 14.1 Å². The largest absolute Gasteiger partial charge is 0.450 e. The van der Waals surface area contributed by atoms with Crippen LogP contribution in [0, 0.1) is 0 Å². The van der Waals surface area contributed by atoms with E-state index >= 15 is 0 Å². The zero-order valence-electron chi connectivity index (χ0n) is 13.2. The molecule has 2 N–H and O–H groups in total. The zero-order valence-corrected chi connectivity index (χ0v) is 14.0. The van der Waals surface area contributed by atoms with Gasteiger partial charge in [-0.1, -0.05) is 0 Å². The average molecular weight is 336 g/mol. The number of amides is 2. The highest BCUT2D eigenvalue weighted by Crippen LogP contribution is 2.11. The van der Waals surface area contributed by atoms with Crippen molar-refractivity contribution in [2.24, 2.45) is 0 Å². The van der Waals surface area contributed by atoms with Crippen LogP contribution in [-0.2, 0) is 19.7 Å². The van der Waals surface area contributed by atoms with Crippen LogP contribution in [0.5, 0.6) is 0 Å². The van der Waals surface area contributed by atoms with Gasteiger partial charge in [0.25, 0.3) is 10.2 Å². The molecular weight excluding hydrogens is 312 g/mol. The second kappa shape index (κ2) is 8.30. The lowest BCUT2D eigenvalue weighted by Gasteiger charge is -2.31. The first kappa shape index (κ1) is 18.7. The molecule has 10 heteroatoms. The molecule has 9 nitrogen and oxygen atoms in total. The molecule has 0 radical (unpaired) electrons. The molecule has 0 unspecified atom stereocenters. The standard InChI is InChI=1S/C12H24N4O5S/c1-4-21-12(18)16-7-5-10(6-8-16)14-11(17)9-13-22(19,20)15(2)3/h10,13H,4-9H2,1-3H3,(H,14,17). The van der Waals surface area contributed by atoms with Crippen LogP contribution >= 0.6 is 0 Å². The summed E-state index contributed by atoms with van der Waals surface area (Å²) in [5.74, 6) is -0.389. The summed E-state index contributed by atoms with van der Waals surface area (Å²) >= 11 is 0. The molecule has 0 aromatic rings. The summed E-state index contributed by atoms with van der Waals surface area (Å²) in [6.07, 6.45) is 0.890. The minimum absolute atomic E-state index is 0.0676. The topological polar surface area (TPSA) is 108 Å². The third-order valence-corrected chi connectivity index (χ3v) is 4.75. The summed E-state index contributed by atoms with van der Waals surface area (Å²) < 4.78 is 31.1. The maximum atomic E-state index is 11.7. The van der Waals surface area contributed by atoms with Gasteiger partial charge in [0, 0.05) is 33.2 Å². The number of hydrogen-bond donors (Lipinski definition) is 2. The molecule has 1 aliphatic rings. The first-order valence-corrected chi connectivity index (χ1v) is 8.58. The molecule has 0 saturated carbocycles. The van der Waals surface area contributed by atoms with Crippen molar-refractivity contribution >= 4 is 22.2 Å². The Bertz CT molecular complexity index is 486. The molecule has 128 valence electrons. The van der Waals surface area contributed by atoms with Gasteiger partial charge in [0.15, 0.2) is 0 Å². The maximum absolute atomic E-state index is 11.7. The predicted octanol–water partition coefficient (Wildman–Crippen LogP) is -0.880. The molecule has 22 heavy (non-hydrogen) atoms. The minimum Gasteiger partial charge on any atom is -0.450 e. The van der Waals surface area contributed by atoms with E-state index in [0.29, 0.717) is 32.5 Å². The summed E-state index contributed by atoms with van der Waals surface area (Å²) in [5, 5.41) is 2.76. The van der Waals surface area contributed by atoms with Crippen molar-refractivity contribution in [1.82, 2.24) is 19.2 Å². The van der Waals surface area contributed by atoms with Crippen molar-refractivity contribution in [2.75, 3.05) is 40.3 Å². The molecular formula is C12H24N4O5S. The number of nitrogens with zero attached hydrogens (tertiary/aromatic N) is 2. The van der Waals surface area contributed by atoms with E-state index in [4.69, 9.17) is 4.74 Å². The fraction of sp³-hybridized carbons (Fsp3) is 0.833. The third-order valence-electron chi connectivity index (χ3n) is 3.28. The molecule has 0 aromatic heterocycles. The van der Waals surface area contributed by atoms with Crippen LogP contribution < -0.4 is 10.0 Å². The van der Waals surface area contributed by atoms with Gasteiger partial charge >= 0.3 is 6.09 Å². The summed E-state index contributed by atoms with van der Waals surface area (Å²) in [5.41, 5.74) is 0. The van der Waals surface area contributed by atoms with Gasteiger partial charge in [0.05, 0.1) is 13.2 Å². The third kappa shape index (κ3) is 5.78. The van der Waals surface area contributed by atoms with Crippen LogP contribution in [0.2, 0.25) is 0 Å². The Morgan fingerprint density at radius 3 is 2.36 bits per heavy atom. The predicted molar refractivity (Wildman–Crippen MR) is 80.4 cm³/mol. The number of rotatable bonds is 6. The molecule has 1 rings (SSSR count). The number of hydrogen-bond acceptors (Lipinski definition) is 5. The van der Waals surface area contributed by atoms with Crippen molar-refractivity contribution < 1.29 is 22.7 Å². The van der Waals surface area contributed by atoms with Gasteiger partial charge in [-0.05, 0) is 19.8 Å². The summed E-state index contributed by atoms with van der Waals surface area (Å²) in [4.78, 5) is 24.9. The second-order valence-corrected chi connectivity index (χ2v) is 7.11. The van der Waals surface area contributed by atoms with E-state index in [2.05, 4.69) is 10.0 Å². The van der Waals surface area contributed by atoms with Crippen LogP contribution in [0.4, 0.5) is 4.79 Å². The molecule has 0 aliphatic carbocycles. The number of nitrogens with one attached hydrogen (secondary N) is 2. The van der Waals surface area contributed by atoms with E-state index in [-0.39, 0.29) is 24.6 Å². The summed E-state index contributed by atoms with van der Waals surface area (Å²) in [7, 11) is -0.847. The van der Waals surface area contributed by atoms with Crippen LogP contribution in [0.1, 0.15) is 19.8 Å². The SMILES string of the molecule is CCOC(=O)N1CCC(NC(=O)CNS(=O)(=O)N(C)C)CC1. The Balaban J connectivity index is 2.32. The Kier molecular flexibility index (Phi) is 7.04. The molecule has 0 spiro atoms. The van der Waals surface area contributed by atoms with Gasteiger partial charge in [0.2, 0.25) is 5.91 Å². The highest BCUT2D eigenvalue weighted by molar-refractivity contribution is 7.87. The molecule has 2 amide bonds. The van der Waals surface area contributed by atoms with Crippen LogP contribution in [0.3, 0.4) is 0 Å². The van der Waals surface area contributed by atoms with E-state index in [1.807, 2.05) is 0 Å². The molecule has 1 saturated heterocycles. The molecule has 1 heterocycles. The second-order valence-electron chi connectivity index (χ2n) is 5.14. The first-order valence-electron chi connectivity index (χ1n) is 7.14. The molecule has 0 atom stereocenters. The Morgan fingerprint density at radius 1 is 1.27 bits per heavy atom. The minimum atomic E-state index is -3.61. The average Bonchev–Trinajstić information content (AvgIpc) is 2.46. The normalized spacial score (nSPS) is 16.6. The Hall–Kier alpha value is -1.39. The van der Waals surface area contributed by atoms with E-state index in [0.717, 1.165) is 4.31 Å². The highest BCUT2D eigenvalue weighted by Gasteiger charge is 2.25. The van der Waals surface area contributed by atoms with Crippen molar-refractivity contribution in [3.05, 3.63) is 0 Å². The maximum Gasteiger partial charge on any atom is 0.409 e. The monoisotopic (exact) mass is 336 g/mol. The summed E-state index contributed by atoms with van der Waals surface area (Å²) in [6, 6.07) is -0.0676. The Morgan fingerprint density at radius 2 is 1.86 bits per heavy atom. The molecule has 0 bridgehead atoms. The van der Waals surface area contributed by atoms with E-state index in [9.17, 15) is 18.0 Å². The molecule has 1 aliphatic heterocycles. The van der Waals surface area contributed by atoms with Crippen molar-refractivity contribution in [2.45, 2.75) is 25.8 Å². The lowest BCUT2D eigenvalue weighted by atomic mass is 10.1. The van der Waals surface area contributed by atoms with Crippen LogP contribution in [-0.4, -0.2) is 76.0 Å². The fourth-order valence-electron chi connectivity index (χ4n) is 1.99. The number of piperidine rings is 1. The van der Waals surface area contributed by atoms with Gasteiger partial charge in [-0.25, -0.2) is 4.79 Å². The van der Waals surface area contributed by atoms with Crippen molar-refractivity contribution in [1.29, 1.82) is 0 Å². The highest BCUT2D eigenvalue weighted by atomic mass is 32.2. The van der Waals surface area contributed by atoms with Gasteiger partial charge in [-0.3, -0.25) is 4.79 Å². The van der Waals surface area contributed by atoms with Crippen molar-refractivity contribution in [3.8, 4) is 0 Å². The summed E-state index contributed by atoms with van der Waals surface area (Å²) in [6.45, 7) is 2.79. The lowest BCUT2D eigenvalue weighted by molar-refractivity contribution is -0.120. The van der Waals surface area contributed by atoms with E-state index in [1.54, 1.807) is 11.8 Å². The van der Waals surface area contributed by atoms with E-state index < -0.39 is 10.2 Å². The van der Waals surface area contributed by atoms with Gasteiger partial charge < -0.3 is 15.0 Å².